The van der Waals surface area contributed by atoms with Crippen LogP contribution in [0.3, 0.4) is 0 Å². The first-order valence-electron chi connectivity index (χ1n) is 11.8. The van der Waals surface area contributed by atoms with Crippen molar-refractivity contribution in [2.75, 3.05) is 6.54 Å². The maximum Gasteiger partial charge on any atom is 0.155 e. The minimum Gasteiger partial charge on any atom is -0.314 e. The molecular weight excluding hydrogens is 449 g/mol. The topological polar surface area (TPSA) is 84.4 Å². The Bertz CT molecular complexity index is 1250. The van der Waals surface area contributed by atoms with E-state index in [0.29, 0.717) is 29.1 Å². The summed E-state index contributed by atoms with van der Waals surface area (Å²) in [6.07, 6.45) is 12.3. The van der Waals surface area contributed by atoms with E-state index in [-0.39, 0.29) is 11.1 Å². The number of hydrogen-bond acceptors (Lipinski definition) is 6. The molecule has 0 aromatic carbocycles. The largest absolute Gasteiger partial charge is 0.314 e. The van der Waals surface area contributed by atoms with E-state index in [4.69, 9.17) is 5.10 Å². The number of pyridine rings is 1. The van der Waals surface area contributed by atoms with Gasteiger partial charge in [0.2, 0.25) is 0 Å². The summed E-state index contributed by atoms with van der Waals surface area (Å²) in [5.41, 5.74) is 4.60. The van der Waals surface area contributed by atoms with E-state index in [2.05, 4.69) is 40.0 Å². The predicted molar refractivity (Wildman–Crippen MR) is 130 cm³/mol. The Balaban J connectivity index is 1.43. The Hall–Kier alpha value is -2.96. The minimum absolute atomic E-state index is 0.181. The molecule has 0 bridgehead atoms. The molecule has 3 aromatic heterocycles. The monoisotopic (exact) mass is 477 g/mol. The molecule has 1 fully saturated rings. The lowest BCUT2D eigenvalue weighted by atomic mass is 9.91. The molecule has 1 unspecified atom stereocenters. The van der Waals surface area contributed by atoms with Crippen molar-refractivity contribution in [1.82, 2.24) is 29.9 Å². The molecule has 3 aromatic rings. The Morgan fingerprint density at radius 1 is 1.24 bits per heavy atom. The zero-order chi connectivity index (χ0) is 23.7. The quantitative estimate of drug-likeness (QED) is 0.530. The lowest BCUT2D eigenvalue weighted by Gasteiger charge is -2.30. The van der Waals surface area contributed by atoms with Crippen LogP contribution < -0.4 is 5.32 Å². The van der Waals surface area contributed by atoms with Crippen LogP contribution in [0.15, 0.2) is 35.7 Å². The average molecular weight is 478 g/mol. The number of nitrogens with one attached hydrogen (secondary N) is 1. The first-order valence-corrected chi connectivity index (χ1v) is 12.7. The number of allylic oxidation sites excluding steroid dienone is 1. The summed E-state index contributed by atoms with van der Waals surface area (Å²) >= 11 is 1.34. The second-order valence-corrected chi connectivity index (χ2v) is 10.1. The van der Waals surface area contributed by atoms with Gasteiger partial charge in [0, 0.05) is 29.7 Å². The fourth-order valence-electron chi connectivity index (χ4n) is 5.17. The summed E-state index contributed by atoms with van der Waals surface area (Å²) in [6.45, 7) is 5.30. The highest BCUT2D eigenvalue weighted by atomic mass is 32.2. The van der Waals surface area contributed by atoms with Crippen LogP contribution in [0.25, 0.3) is 11.8 Å². The maximum absolute atomic E-state index is 14.4. The third-order valence-corrected chi connectivity index (χ3v) is 8.05. The molecule has 9 heteroatoms. The molecule has 34 heavy (non-hydrogen) atoms. The number of rotatable bonds is 6. The number of thioether (sulfide) groups is 1. The zero-order valence-electron chi connectivity index (χ0n) is 19.4. The van der Waals surface area contributed by atoms with Crippen molar-refractivity contribution in [3.05, 3.63) is 59.1 Å². The summed E-state index contributed by atoms with van der Waals surface area (Å²) in [6, 6.07) is 6.24. The van der Waals surface area contributed by atoms with Crippen LogP contribution in [-0.4, -0.2) is 37.1 Å². The summed E-state index contributed by atoms with van der Waals surface area (Å²) in [5.74, 6) is -0.356. The third-order valence-electron chi connectivity index (χ3n) is 6.85. The van der Waals surface area contributed by atoms with Gasteiger partial charge in [-0.2, -0.15) is 15.5 Å². The van der Waals surface area contributed by atoms with Crippen molar-refractivity contribution < 1.29 is 4.39 Å². The van der Waals surface area contributed by atoms with E-state index in [1.807, 2.05) is 12.4 Å². The van der Waals surface area contributed by atoms with Crippen LogP contribution in [0, 0.1) is 24.1 Å². The van der Waals surface area contributed by atoms with E-state index < -0.39 is 0 Å². The number of nitrogens with zero attached hydrogens (tertiary/aromatic N) is 6. The fraction of sp³-hybridized carbons (Fsp3) is 0.440. The van der Waals surface area contributed by atoms with Gasteiger partial charge in [0.05, 0.1) is 34.9 Å². The molecule has 0 saturated heterocycles. The van der Waals surface area contributed by atoms with Crippen molar-refractivity contribution in [2.24, 2.45) is 0 Å². The normalized spacial score (nSPS) is 22.2. The van der Waals surface area contributed by atoms with Gasteiger partial charge in [0.1, 0.15) is 11.1 Å². The molecular formula is C25H28FN7S. The van der Waals surface area contributed by atoms with Gasteiger partial charge in [0.25, 0.3) is 0 Å². The number of hydrogen-bond donors (Lipinski definition) is 1. The van der Waals surface area contributed by atoms with Crippen LogP contribution in [0.4, 0.5) is 4.39 Å². The molecule has 0 amide bonds. The van der Waals surface area contributed by atoms with Crippen molar-refractivity contribution in [2.45, 2.75) is 68.3 Å². The van der Waals surface area contributed by atoms with E-state index in [9.17, 15) is 9.65 Å². The van der Waals surface area contributed by atoms with Gasteiger partial charge in [0.15, 0.2) is 5.82 Å². The lowest BCUT2D eigenvalue weighted by Crippen LogP contribution is -2.33. The van der Waals surface area contributed by atoms with Crippen LogP contribution in [0.2, 0.25) is 0 Å². The molecule has 176 valence electrons. The molecule has 1 aliphatic carbocycles. The van der Waals surface area contributed by atoms with Crippen molar-refractivity contribution in [1.29, 1.82) is 5.26 Å². The smallest absolute Gasteiger partial charge is 0.155 e. The van der Waals surface area contributed by atoms with Gasteiger partial charge < -0.3 is 5.32 Å². The molecule has 1 N–H and O–H groups in total. The van der Waals surface area contributed by atoms with Crippen molar-refractivity contribution in [3.63, 3.8) is 0 Å². The molecule has 2 aliphatic rings. The highest BCUT2D eigenvalue weighted by molar-refractivity contribution is 7.99. The van der Waals surface area contributed by atoms with Gasteiger partial charge in [-0.3, -0.25) is 4.68 Å². The minimum atomic E-state index is -0.356. The Labute approximate surface area is 203 Å². The average Bonchev–Trinajstić information content (AvgIpc) is 3.44. The molecule has 4 heterocycles. The second kappa shape index (κ2) is 9.72. The van der Waals surface area contributed by atoms with E-state index in [0.717, 1.165) is 54.8 Å². The van der Waals surface area contributed by atoms with Gasteiger partial charge in [-0.05, 0) is 63.3 Å². The Morgan fingerprint density at radius 2 is 2.06 bits per heavy atom. The van der Waals surface area contributed by atoms with Crippen LogP contribution in [-0.2, 0) is 0 Å². The first-order chi connectivity index (χ1) is 16.6. The van der Waals surface area contributed by atoms with Gasteiger partial charge in [-0.15, -0.1) is 0 Å². The van der Waals surface area contributed by atoms with E-state index in [1.54, 1.807) is 23.1 Å². The number of nitriles is 1. The number of fused-ring (bicyclic) bond motifs is 1. The number of halogens is 1. The van der Waals surface area contributed by atoms with Crippen molar-refractivity contribution in [3.8, 4) is 6.07 Å². The van der Waals surface area contributed by atoms with Crippen molar-refractivity contribution >= 4 is 23.5 Å². The van der Waals surface area contributed by atoms with E-state index >= 15 is 0 Å². The Kier molecular flexibility index (Phi) is 6.53. The molecule has 7 nitrogen and oxygen atoms in total. The summed E-state index contributed by atoms with van der Waals surface area (Å²) in [5, 5.41) is 22.5. The van der Waals surface area contributed by atoms with Crippen LogP contribution >= 0.6 is 11.8 Å². The summed E-state index contributed by atoms with van der Waals surface area (Å²) in [7, 11) is 0. The zero-order valence-corrected chi connectivity index (χ0v) is 20.2. The Morgan fingerprint density at radius 3 is 2.79 bits per heavy atom. The molecule has 1 atom stereocenters. The molecule has 1 saturated carbocycles. The molecule has 0 spiro atoms. The fourth-order valence-corrected chi connectivity index (χ4v) is 6.35. The predicted octanol–water partition coefficient (Wildman–Crippen LogP) is 5.12. The van der Waals surface area contributed by atoms with Crippen LogP contribution in [0.5, 0.6) is 0 Å². The number of aromatic nitrogens is 5. The van der Waals surface area contributed by atoms with E-state index in [1.165, 1.54) is 17.8 Å². The second-order valence-electron chi connectivity index (χ2n) is 8.91. The first kappa shape index (κ1) is 22.8. The standard InChI is InChI=1S/C25H28FN7S/c1-3-28-19-6-8-20(9-7-19)33-16(2)21(14-31-33)17-11-23(34-25-22(26)5-4-10-29-25)24-18(12-27)13-30-32(24)15-17/h4-5,10,13-15,19-20,23,28H,3,6-9,11H2,1-2H3. The van der Waals surface area contributed by atoms with Gasteiger partial charge in [-0.25, -0.2) is 14.1 Å². The SMILES string of the molecule is CCNC1CCC(n2ncc(C3=Cn4ncc(C#N)c4C(Sc4ncccc4F)C3)c2C)CC1. The summed E-state index contributed by atoms with van der Waals surface area (Å²) < 4.78 is 18.3. The molecule has 0 radical (unpaired) electrons. The third kappa shape index (κ3) is 4.28. The maximum atomic E-state index is 14.4. The van der Waals surface area contributed by atoms with Gasteiger partial charge in [-0.1, -0.05) is 18.7 Å². The van der Waals surface area contributed by atoms with Gasteiger partial charge >= 0.3 is 0 Å². The highest BCUT2D eigenvalue weighted by Gasteiger charge is 2.31. The van der Waals surface area contributed by atoms with Crippen LogP contribution in [0.1, 0.15) is 72.8 Å². The highest BCUT2D eigenvalue weighted by Crippen LogP contribution is 2.46. The lowest BCUT2D eigenvalue weighted by molar-refractivity contribution is 0.276. The molecule has 5 rings (SSSR count). The summed E-state index contributed by atoms with van der Waals surface area (Å²) in [4.78, 5) is 4.22. The molecule has 1 aliphatic heterocycles.